The minimum atomic E-state index is -1.15. The molecular formula is C17H17N5O5. The largest absolute Gasteiger partial charge is 0.480 e. The van der Waals surface area contributed by atoms with Crippen molar-refractivity contribution in [3.05, 3.63) is 58.6 Å². The summed E-state index contributed by atoms with van der Waals surface area (Å²) in [6.07, 6.45) is 0.0395. The minimum Gasteiger partial charge on any atom is -0.480 e. The highest BCUT2D eigenvalue weighted by Crippen LogP contribution is 2.22. The van der Waals surface area contributed by atoms with Crippen LogP contribution >= 0.6 is 0 Å². The fraction of sp³-hybridized carbons (Fsp3) is 0.176. The summed E-state index contributed by atoms with van der Waals surface area (Å²) in [4.78, 5) is 32.5. The third-order valence-electron chi connectivity index (χ3n) is 3.49. The summed E-state index contributed by atoms with van der Waals surface area (Å²) in [7, 11) is 0. The van der Waals surface area contributed by atoms with E-state index in [0.717, 1.165) is 0 Å². The standard InChI is InChI=1S/C17H17N5O5/c18-15(17(24)25)9-10-16(23)19-11-1-3-12(4-2-11)20-21-13-5-7-14(8-6-13)22(26)27/h1-8,15H,9-10,18H2,(H,19,23)(H,24,25). The normalized spacial score (nSPS) is 11.9. The molecule has 0 aliphatic heterocycles. The number of hydrogen-bond donors (Lipinski definition) is 3. The number of nitro benzene ring substituents is 1. The highest BCUT2D eigenvalue weighted by molar-refractivity contribution is 5.91. The van der Waals surface area contributed by atoms with Crippen molar-refractivity contribution < 1.29 is 19.6 Å². The first-order chi connectivity index (χ1) is 12.8. The lowest BCUT2D eigenvalue weighted by atomic mass is 10.1. The topological polar surface area (TPSA) is 160 Å². The van der Waals surface area contributed by atoms with Crippen LogP contribution in [0.1, 0.15) is 12.8 Å². The number of carboxylic acid groups (broad SMARTS) is 1. The van der Waals surface area contributed by atoms with Crippen LogP contribution in [0.5, 0.6) is 0 Å². The number of aliphatic carboxylic acids is 1. The van der Waals surface area contributed by atoms with Crippen molar-refractivity contribution in [3.63, 3.8) is 0 Å². The Bertz CT molecular complexity index is 849. The van der Waals surface area contributed by atoms with Crippen molar-refractivity contribution in [1.29, 1.82) is 0 Å². The summed E-state index contributed by atoms with van der Waals surface area (Å²) in [5.41, 5.74) is 6.84. The second kappa shape index (κ2) is 9.15. The second-order valence-electron chi connectivity index (χ2n) is 5.55. The Balaban J connectivity index is 1.89. The lowest BCUT2D eigenvalue weighted by Gasteiger charge is -2.07. The van der Waals surface area contributed by atoms with E-state index in [-0.39, 0.29) is 24.4 Å². The smallest absolute Gasteiger partial charge is 0.320 e. The van der Waals surface area contributed by atoms with E-state index in [9.17, 15) is 19.7 Å². The summed E-state index contributed by atoms with van der Waals surface area (Å²) in [5, 5.41) is 29.9. The minimum absolute atomic E-state index is 0.00489. The summed E-state index contributed by atoms with van der Waals surface area (Å²) in [6.45, 7) is 0. The summed E-state index contributed by atoms with van der Waals surface area (Å²) in [6, 6.07) is 11.1. The number of rotatable bonds is 8. The molecule has 140 valence electrons. The average molecular weight is 371 g/mol. The average Bonchev–Trinajstić information content (AvgIpc) is 2.65. The van der Waals surface area contributed by atoms with Gasteiger partial charge < -0.3 is 16.2 Å². The van der Waals surface area contributed by atoms with Crippen LogP contribution in [0.4, 0.5) is 22.7 Å². The number of benzene rings is 2. The molecule has 0 heterocycles. The van der Waals surface area contributed by atoms with Crippen molar-refractivity contribution in [2.24, 2.45) is 16.0 Å². The Kier molecular flexibility index (Phi) is 6.67. The first-order valence-corrected chi connectivity index (χ1v) is 7.89. The molecular weight excluding hydrogens is 354 g/mol. The van der Waals surface area contributed by atoms with Gasteiger partial charge in [0.05, 0.1) is 16.3 Å². The van der Waals surface area contributed by atoms with E-state index in [1.807, 2.05) is 0 Å². The quantitative estimate of drug-likeness (QED) is 0.367. The molecule has 1 unspecified atom stereocenters. The predicted molar refractivity (Wildman–Crippen MR) is 97.2 cm³/mol. The van der Waals surface area contributed by atoms with E-state index in [2.05, 4.69) is 15.5 Å². The fourth-order valence-electron chi connectivity index (χ4n) is 2.00. The van der Waals surface area contributed by atoms with Gasteiger partial charge in [-0.1, -0.05) is 0 Å². The van der Waals surface area contributed by atoms with Crippen LogP contribution in [0.3, 0.4) is 0 Å². The lowest BCUT2D eigenvalue weighted by molar-refractivity contribution is -0.384. The zero-order valence-corrected chi connectivity index (χ0v) is 14.1. The molecule has 0 aliphatic carbocycles. The first-order valence-electron chi connectivity index (χ1n) is 7.89. The summed E-state index contributed by atoms with van der Waals surface area (Å²) < 4.78 is 0. The predicted octanol–water partition coefficient (Wildman–Crippen LogP) is 3.14. The van der Waals surface area contributed by atoms with Gasteiger partial charge in [0.1, 0.15) is 6.04 Å². The van der Waals surface area contributed by atoms with Crippen LogP contribution in [-0.4, -0.2) is 27.9 Å². The van der Waals surface area contributed by atoms with Gasteiger partial charge in [-0.3, -0.25) is 19.7 Å². The zero-order valence-electron chi connectivity index (χ0n) is 14.1. The molecule has 2 rings (SSSR count). The number of azo groups is 1. The molecule has 2 aromatic rings. The maximum Gasteiger partial charge on any atom is 0.320 e. The van der Waals surface area contributed by atoms with Crippen LogP contribution in [0, 0.1) is 10.1 Å². The molecule has 0 bridgehead atoms. The number of carboxylic acids is 1. The molecule has 27 heavy (non-hydrogen) atoms. The second-order valence-corrected chi connectivity index (χ2v) is 5.55. The van der Waals surface area contributed by atoms with Crippen molar-refractivity contribution in [3.8, 4) is 0 Å². The van der Waals surface area contributed by atoms with Gasteiger partial charge >= 0.3 is 5.97 Å². The Labute approximate surface area is 153 Å². The maximum atomic E-state index is 11.8. The fourth-order valence-corrected chi connectivity index (χ4v) is 2.00. The summed E-state index contributed by atoms with van der Waals surface area (Å²) in [5.74, 6) is -1.49. The van der Waals surface area contributed by atoms with Gasteiger partial charge in [0.25, 0.3) is 5.69 Å². The number of nitrogens with zero attached hydrogens (tertiary/aromatic N) is 3. The number of amides is 1. The van der Waals surface area contributed by atoms with Crippen LogP contribution in [0.15, 0.2) is 58.8 Å². The van der Waals surface area contributed by atoms with E-state index in [4.69, 9.17) is 10.8 Å². The molecule has 0 saturated heterocycles. The van der Waals surface area contributed by atoms with Gasteiger partial charge in [0, 0.05) is 24.2 Å². The zero-order chi connectivity index (χ0) is 19.8. The van der Waals surface area contributed by atoms with Crippen LogP contribution < -0.4 is 11.1 Å². The number of carbonyl (C=O) groups is 2. The highest BCUT2D eigenvalue weighted by Gasteiger charge is 2.13. The van der Waals surface area contributed by atoms with Crippen molar-refractivity contribution in [2.45, 2.75) is 18.9 Å². The monoisotopic (exact) mass is 371 g/mol. The molecule has 0 radical (unpaired) electrons. The van der Waals surface area contributed by atoms with Crippen molar-refractivity contribution in [2.75, 3.05) is 5.32 Å². The number of hydrogen-bond acceptors (Lipinski definition) is 7. The molecule has 10 heteroatoms. The van der Waals surface area contributed by atoms with Gasteiger partial charge in [0.2, 0.25) is 5.91 Å². The van der Waals surface area contributed by atoms with Gasteiger partial charge in [-0.05, 0) is 42.8 Å². The Morgan fingerprint density at radius 1 is 1.07 bits per heavy atom. The molecule has 1 atom stereocenters. The number of nitro groups is 1. The molecule has 0 fully saturated rings. The Morgan fingerprint density at radius 3 is 2.07 bits per heavy atom. The number of non-ortho nitro benzene ring substituents is 1. The van der Waals surface area contributed by atoms with Gasteiger partial charge in [-0.2, -0.15) is 10.2 Å². The molecule has 0 saturated carbocycles. The Morgan fingerprint density at radius 2 is 1.59 bits per heavy atom. The van der Waals surface area contributed by atoms with E-state index in [1.165, 1.54) is 24.3 Å². The highest BCUT2D eigenvalue weighted by atomic mass is 16.6. The van der Waals surface area contributed by atoms with Crippen LogP contribution in [-0.2, 0) is 9.59 Å². The third kappa shape index (κ3) is 6.29. The third-order valence-corrected chi connectivity index (χ3v) is 3.49. The molecule has 1 amide bonds. The number of nitrogens with one attached hydrogen (secondary N) is 1. The van der Waals surface area contributed by atoms with Crippen LogP contribution in [0.25, 0.3) is 0 Å². The summed E-state index contributed by atoms with van der Waals surface area (Å²) >= 11 is 0. The number of nitrogens with two attached hydrogens (primary N) is 1. The SMILES string of the molecule is NC(CCC(=O)Nc1ccc(N=Nc2ccc([N+](=O)[O-])cc2)cc1)C(=O)O. The van der Waals surface area contributed by atoms with Crippen LogP contribution in [0.2, 0.25) is 0 Å². The molecule has 10 nitrogen and oxygen atoms in total. The number of anilines is 1. The van der Waals surface area contributed by atoms with E-state index < -0.39 is 16.9 Å². The van der Waals surface area contributed by atoms with E-state index >= 15 is 0 Å². The van der Waals surface area contributed by atoms with Gasteiger partial charge in [-0.25, -0.2) is 0 Å². The molecule has 4 N–H and O–H groups in total. The van der Waals surface area contributed by atoms with E-state index in [1.54, 1.807) is 24.3 Å². The van der Waals surface area contributed by atoms with Gasteiger partial charge in [-0.15, -0.1) is 0 Å². The first kappa shape index (κ1) is 19.7. The van der Waals surface area contributed by atoms with E-state index in [0.29, 0.717) is 17.1 Å². The van der Waals surface area contributed by atoms with Crippen molar-refractivity contribution >= 4 is 34.6 Å². The Hall–Kier alpha value is -3.66. The molecule has 0 aliphatic rings. The van der Waals surface area contributed by atoms with Gasteiger partial charge in [0.15, 0.2) is 0 Å². The van der Waals surface area contributed by atoms with Crippen molar-refractivity contribution in [1.82, 2.24) is 0 Å². The maximum absolute atomic E-state index is 11.8. The molecule has 2 aromatic carbocycles. The molecule has 0 aromatic heterocycles. The molecule has 0 spiro atoms. The lowest BCUT2D eigenvalue weighted by Crippen LogP contribution is -2.31. The number of carbonyl (C=O) groups excluding carboxylic acids is 1.